The molecule has 0 aliphatic carbocycles. The number of nitrogens with zero attached hydrogens (tertiary/aromatic N) is 2. The number of hydrogen-bond acceptors (Lipinski definition) is 4. The van der Waals surface area contributed by atoms with Crippen LogP contribution < -0.4 is 10.2 Å². The number of nitrogens with one attached hydrogen (secondary N) is 1. The van der Waals surface area contributed by atoms with Gasteiger partial charge in [0, 0.05) is 36.6 Å². The molecule has 0 saturated carbocycles. The van der Waals surface area contributed by atoms with E-state index in [1.54, 1.807) is 53.4 Å². The van der Waals surface area contributed by atoms with Crippen LogP contribution in [0.5, 0.6) is 0 Å². The fourth-order valence-electron chi connectivity index (χ4n) is 3.48. The Morgan fingerprint density at radius 2 is 1.61 bits per heavy atom. The summed E-state index contributed by atoms with van der Waals surface area (Å²) < 4.78 is 14.1. The molecule has 1 aromatic heterocycles. The van der Waals surface area contributed by atoms with E-state index in [0.29, 0.717) is 37.4 Å². The van der Waals surface area contributed by atoms with Crippen molar-refractivity contribution in [3.05, 3.63) is 94.1 Å². The second-order valence-corrected chi connectivity index (χ2v) is 8.10. The molecule has 1 aliphatic heterocycles. The van der Waals surface area contributed by atoms with Crippen molar-refractivity contribution in [1.29, 1.82) is 0 Å². The fraction of sp³-hybridized carbons (Fsp3) is 0.167. The number of rotatable bonds is 5. The maximum atomic E-state index is 14.1. The van der Waals surface area contributed by atoms with Crippen molar-refractivity contribution in [2.24, 2.45) is 0 Å². The molecule has 2 aromatic carbocycles. The lowest BCUT2D eigenvalue weighted by atomic mass is 10.2. The minimum atomic E-state index is -0.332. The lowest BCUT2D eigenvalue weighted by Gasteiger charge is -2.36. The van der Waals surface area contributed by atoms with Gasteiger partial charge < -0.3 is 15.1 Å². The highest BCUT2D eigenvalue weighted by molar-refractivity contribution is 7.10. The number of hydrogen-bond donors (Lipinski definition) is 1. The molecule has 0 spiro atoms. The van der Waals surface area contributed by atoms with Gasteiger partial charge in [0.1, 0.15) is 11.5 Å². The molecule has 5 nitrogen and oxygen atoms in total. The molecular weight excluding hydrogens is 413 g/mol. The largest absolute Gasteiger partial charge is 0.366 e. The Hall–Kier alpha value is -3.45. The van der Waals surface area contributed by atoms with Gasteiger partial charge in [-0.2, -0.15) is 0 Å². The zero-order chi connectivity index (χ0) is 21.6. The fourth-order valence-corrected chi connectivity index (χ4v) is 4.14. The molecule has 7 heteroatoms. The van der Waals surface area contributed by atoms with Crippen LogP contribution in [-0.2, 0) is 4.79 Å². The highest BCUT2D eigenvalue weighted by atomic mass is 32.1. The van der Waals surface area contributed by atoms with Gasteiger partial charge in [-0.3, -0.25) is 9.59 Å². The molecule has 0 bridgehead atoms. The van der Waals surface area contributed by atoms with Gasteiger partial charge in [0.2, 0.25) is 0 Å². The summed E-state index contributed by atoms with van der Waals surface area (Å²) in [7, 11) is 0. The lowest BCUT2D eigenvalue weighted by Crippen LogP contribution is -2.50. The molecule has 1 saturated heterocycles. The highest BCUT2D eigenvalue weighted by Crippen LogP contribution is 2.21. The van der Waals surface area contributed by atoms with Crippen LogP contribution in [0.15, 0.2) is 77.8 Å². The van der Waals surface area contributed by atoms with Crippen molar-refractivity contribution in [2.75, 3.05) is 31.1 Å². The van der Waals surface area contributed by atoms with Crippen LogP contribution in [0.4, 0.5) is 10.1 Å². The highest BCUT2D eigenvalue weighted by Gasteiger charge is 2.26. The van der Waals surface area contributed by atoms with Crippen molar-refractivity contribution in [2.45, 2.75) is 0 Å². The molecule has 2 amide bonds. The first-order valence-electron chi connectivity index (χ1n) is 10.0. The molecule has 2 heterocycles. The molecule has 1 fully saturated rings. The van der Waals surface area contributed by atoms with E-state index in [1.165, 1.54) is 17.4 Å². The normalized spacial score (nSPS) is 14.4. The summed E-state index contributed by atoms with van der Waals surface area (Å²) in [5.74, 6) is -0.844. The van der Waals surface area contributed by atoms with Crippen molar-refractivity contribution in [3.8, 4) is 0 Å². The molecule has 158 valence electrons. The summed E-state index contributed by atoms with van der Waals surface area (Å²) in [5.41, 5.74) is 1.26. The Bertz CT molecular complexity index is 1080. The Balaban J connectivity index is 1.49. The first-order chi connectivity index (χ1) is 15.1. The van der Waals surface area contributed by atoms with Gasteiger partial charge in [-0.1, -0.05) is 36.4 Å². The number of piperazine rings is 1. The number of halogens is 1. The van der Waals surface area contributed by atoms with Crippen molar-refractivity contribution < 1.29 is 14.0 Å². The van der Waals surface area contributed by atoms with Gasteiger partial charge in [-0.15, -0.1) is 11.3 Å². The van der Waals surface area contributed by atoms with E-state index in [9.17, 15) is 14.0 Å². The number of benzene rings is 2. The molecule has 0 atom stereocenters. The second-order valence-electron chi connectivity index (χ2n) is 7.12. The predicted octanol–water partition coefficient (Wildman–Crippen LogP) is 4.01. The van der Waals surface area contributed by atoms with Crippen LogP contribution in [0, 0.1) is 5.82 Å². The van der Waals surface area contributed by atoms with Crippen LogP contribution in [0.3, 0.4) is 0 Å². The first-order valence-corrected chi connectivity index (χ1v) is 10.9. The van der Waals surface area contributed by atoms with Crippen LogP contribution in [-0.4, -0.2) is 42.9 Å². The molecule has 4 rings (SSSR count). The van der Waals surface area contributed by atoms with E-state index >= 15 is 0 Å². The van der Waals surface area contributed by atoms with E-state index < -0.39 is 0 Å². The molecule has 3 aromatic rings. The van der Waals surface area contributed by atoms with Crippen LogP contribution >= 0.6 is 11.3 Å². The third-order valence-electron chi connectivity index (χ3n) is 5.10. The second kappa shape index (κ2) is 9.57. The Labute approximate surface area is 184 Å². The summed E-state index contributed by atoms with van der Waals surface area (Å²) in [5, 5.41) is 4.70. The van der Waals surface area contributed by atoms with Crippen molar-refractivity contribution in [1.82, 2.24) is 10.2 Å². The van der Waals surface area contributed by atoms with E-state index in [2.05, 4.69) is 5.32 Å². The van der Waals surface area contributed by atoms with Gasteiger partial charge in [0.15, 0.2) is 0 Å². The zero-order valence-electron chi connectivity index (χ0n) is 16.8. The summed E-state index contributed by atoms with van der Waals surface area (Å²) in [6, 6.07) is 19.2. The van der Waals surface area contributed by atoms with E-state index in [0.717, 1.165) is 4.88 Å². The minimum absolute atomic E-state index is 0.232. The van der Waals surface area contributed by atoms with Gasteiger partial charge in [-0.25, -0.2) is 4.39 Å². The minimum Gasteiger partial charge on any atom is -0.366 e. The molecule has 1 N–H and O–H groups in total. The Morgan fingerprint density at radius 1 is 0.903 bits per heavy atom. The van der Waals surface area contributed by atoms with Crippen LogP contribution in [0.1, 0.15) is 15.2 Å². The number of amides is 2. The summed E-state index contributed by atoms with van der Waals surface area (Å²) in [4.78, 5) is 30.4. The third-order valence-corrected chi connectivity index (χ3v) is 5.92. The topological polar surface area (TPSA) is 52.7 Å². The van der Waals surface area contributed by atoms with E-state index in [-0.39, 0.29) is 23.3 Å². The van der Waals surface area contributed by atoms with E-state index in [1.807, 2.05) is 28.5 Å². The molecule has 0 unspecified atom stereocenters. The van der Waals surface area contributed by atoms with Crippen molar-refractivity contribution >= 4 is 34.9 Å². The van der Waals surface area contributed by atoms with Gasteiger partial charge >= 0.3 is 0 Å². The molecular formula is C24H22FN3O2S. The maximum absolute atomic E-state index is 14.1. The standard InChI is InChI=1S/C24H22FN3O2S/c25-20-10-4-5-11-22(20)27-12-14-28(15-13-27)24(30)21(17-19-9-6-16-31-19)26-23(29)18-7-2-1-3-8-18/h1-11,16-17H,12-15H2,(H,26,29). The van der Waals surface area contributed by atoms with Crippen LogP contribution in [0.25, 0.3) is 6.08 Å². The third kappa shape index (κ3) is 5.00. The zero-order valence-corrected chi connectivity index (χ0v) is 17.6. The summed E-state index contributed by atoms with van der Waals surface area (Å²) in [6.45, 7) is 1.92. The molecule has 1 aliphatic rings. The Morgan fingerprint density at radius 3 is 2.29 bits per heavy atom. The average molecular weight is 436 g/mol. The number of thiophene rings is 1. The summed E-state index contributed by atoms with van der Waals surface area (Å²) in [6.07, 6.45) is 1.71. The van der Waals surface area contributed by atoms with E-state index in [4.69, 9.17) is 0 Å². The quantitative estimate of drug-likeness (QED) is 0.616. The number of anilines is 1. The van der Waals surface area contributed by atoms with Gasteiger partial charge in [0.25, 0.3) is 11.8 Å². The molecule has 0 radical (unpaired) electrons. The number of carbonyl (C=O) groups excluding carboxylic acids is 2. The number of para-hydroxylation sites is 1. The van der Waals surface area contributed by atoms with Gasteiger partial charge in [-0.05, 0) is 41.8 Å². The van der Waals surface area contributed by atoms with Crippen LogP contribution in [0.2, 0.25) is 0 Å². The Kier molecular flexibility index (Phi) is 6.43. The smallest absolute Gasteiger partial charge is 0.270 e. The maximum Gasteiger partial charge on any atom is 0.270 e. The SMILES string of the molecule is O=C(NC(=Cc1cccs1)C(=O)N1CCN(c2ccccc2F)CC1)c1ccccc1. The molecule has 31 heavy (non-hydrogen) atoms. The van der Waals surface area contributed by atoms with Crippen molar-refractivity contribution in [3.63, 3.8) is 0 Å². The first kappa shape index (κ1) is 20.8. The monoisotopic (exact) mass is 435 g/mol. The number of carbonyl (C=O) groups is 2. The lowest BCUT2D eigenvalue weighted by molar-refractivity contribution is -0.127. The average Bonchev–Trinajstić information content (AvgIpc) is 3.32. The predicted molar refractivity (Wildman–Crippen MR) is 121 cm³/mol. The van der Waals surface area contributed by atoms with Gasteiger partial charge in [0.05, 0.1) is 5.69 Å². The summed E-state index contributed by atoms with van der Waals surface area (Å²) >= 11 is 1.49.